The second-order valence-corrected chi connectivity index (χ2v) is 4.15. The summed E-state index contributed by atoms with van der Waals surface area (Å²) >= 11 is 0.815. The molecular weight excluding hydrogens is 137 g/mol. The summed E-state index contributed by atoms with van der Waals surface area (Å²) in [5.41, 5.74) is 0. The fourth-order valence-corrected chi connectivity index (χ4v) is 1.11. The van der Waals surface area contributed by atoms with Gasteiger partial charge in [0.1, 0.15) is 0 Å². The van der Waals surface area contributed by atoms with E-state index in [0.29, 0.717) is 0 Å². The number of hydrogen-bond donors (Lipinski definition) is 0. The molecule has 0 amide bonds. The Morgan fingerprint density at radius 1 is 1.10 bits per heavy atom. The number of hydrogen-bond acceptors (Lipinski definition) is 0. The third kappa shape index (κ3) is 7.81. The van der Waals surface area contributed by atoms with Crippen LogP contribution in [-0.4, -0.2) is 15.2 Å². The Morgan fingerprint density at radius 2 is 1.60 bits per heavy atom. The Kier molecular flexibility index (Phi) is 8.65. The van der Waals surface area contributed by atoms with E-state index in [9.17, 15) is 0 Å². The van der Waals surface area contributed by atoms with Gasteiger partial charge in [-0.3, -0.25) is 0 Å². The summed E-state index contributed by atoms with van der Waals surface area (Å²) in [7, 11) is 0. The molecule has 1 heterocycles. The standard InChI is InChI=1S/C4H4N.2C2H5.Al/c1-2-4-5-3-1;2*1-2;/h1-4H;2*1H2,2H3;/q-1;;;+1. The topological polar surface area (TPSA) is 14.1 Å². The molecular formula is C8H14AlN. The van der Waals surface area contributed by atoms with E-state index in [1.807, 2.05) is 12.1 Å². The van der Waals surface area contributed by atoms with E-state index in [-0.39, 0.29) is 0 Å². The van der Waals surface area contributed by atoms with Gasteiger partial charge in [0.2, 0.25) is 0 Å². The van der Waals surface area contributed by atoms with E-state index >= 15 is 0 Å². The summed E-state index contributed by atoms with van der Waals surface area (Å²) in [6.07, 6.45) is 3.50. The SMILES string of the molecule is C[CH2][Al+][CH2]C.c1cc[n-]c1. The van der Waals surface area contributed by atoms with Gasteiger partial charge in [0.15, 0.2) is 0 Å². The molecule has 0 saturated carbocycles. The van der Waals surface area contributed by atoms with Gasteiger partial charge >= 0.3 is 39.6 Å². The summed E-state index contributed by atoms with van der Waals surface area (Å²) < 4.78 is 0. The van der Waals surface area contributed by atoms with Gasteiger partial charge in [-0.1, -0.05) is 12.1 Å². The number of aromatic nitrogens is 1. The Bertz CT molecular complexity index is 95.6. The average Bonchev–Trinajstić information content (AvgIpc) is 2.44. The van der Waals surface area contributed by atoms with Crippen molar-refractivity contribution in [2.24, 2.45) is 0 Å². The van der Waals surface area contributed by atoms with Gasteiger partial charge in [-0.2, -0.15) is 12.4 Å². The van der Waals surface area contributed by atoms with Crippen LogP contribution in [0.25, 0.3) is 0 Å². The molecule has 1 aromatic rings. The Balaban J connectivity index is 0.000000162. The fourth-order valence-electron chi connectivity index (χ4n) is 0.537. The molecule has 1 nitrogen and oxygen atoms in total. The van der Waals surface area contributed by atoms with Gasteiger partial charge in [0.25, 0.3) is 0 Å². The molecule has 0 aliphatic rings. The monoisotopic (exact) mass is 151 g/mol. The van der Waals surface area contributed by atoms with Crippen LogP contribution < -0.4 is 4.98 Å². The quantitative estimate of drug-likeness (QED) is 0.591. The van der Waals surface area contributed by atoms with Gasteiger partial charge < -0.3 is 4.98 Å². The molecule has 54 valence electrons. The Hall–Kier alpha value is -0.188. The van der Waals surface area contributed by atoms with Gasteiger partial charge in [-0.15, -0.1) is 0 Å². The van der Waals surface area contributed by atoms with Gasteiger partial charge in [-0.05, 0) is 0 Å². The summed E-state index contributed by atoms with van der Waals surface area (Å²) in [5, 5.41) is 2.85. The van der Waals surface area contributed by atoms with Crippen molar-refractivity contribution in [1.82, 2.24) is 4.98 Å². The van der Waals surface area contributed by atoms with E-state index in [0.717, 1.165) is 15.2 Å². The maximum atomic E-state index is 3.72. The predicted molar refractivity (Wildman–Crippen MR) is 46.5 cm³/mol. The molecule has 0 unspecified atom stereocenters. The van der Waals surface area contributed by atoms with Crippen LogP contribution in [0.1, 0.15) is 13.8 Å². The van der Waals surface area contributed by atoms with Crippen LogP contribution >= 0.6 is 0 Å². The first kappa shape index (κ1) is 9.81. The van der Waals surface area contributed by atoms with Crippen LogP contribution in [-0.2, 0) is 0 Å². The molecule has 0 aromatic carbocycles. The normalized spacial score (nSPS) is 7.40. The van der Waals surface area contributed by atoms with Crippen molar-refractivity contribution in [3.8, 4) is 0 Å². The van der Waals surface area contributed by atoms with E-state index in [4.69, 9.17) is 0 Å². The molecule has 10 heavy (non-hydrogen) atoms. The summed E-state index contributed by atoms with van der Waals surface area (Å²) in [6.45, 7) is 4.50. The minimum atomic E-state index is 0.815. The maximum Gasteiger partial charge on any atom is -0.0860 e. The van der Waals surface area contributed by atoms with Crippen molar-refractivity contribution in [3.05, 3.63) is 24.5 Å². The zero-order valence-electron chi connectivity index (χ0n) is 6.75. The zero-order chi connectivity index (χ0) is 7.66. The van der Waals surface area contributed by atoms with Crippen molar-refractivity contribution >= 4 is 15.2 Å². The predicted octanol–water partition coefficient (Wildman–Crippen LogP) is 2.21. The average molecular weight is 151 g/mol. The van der Waals surface area contributed by atoms with E-state index in [2.05, 4.69) is 18.8 Å². The molecule has 0 saturated heterocycles. The van der Waals surface area contributed by atoms with Gasteiger partial charge in [-0.25, -0.2) is 0 Å². The molecule has 0 aliphatic carbocycles. The first-order valence-electron chi connectivity index (χ1n) is 3.75. The summed E-state index contributed by atoms with van der Waals surface area (Å²) in [5.74, 6) is 0. The van der Waals surface area contributed by atoms with Gasteiger partial charge in [0.05, 0.1) is 0 Å². The van der Waals surface area contributed by atoms with Crippen molar-refractivity contribution in [1.29, 1.82) is 0 Å². The third-order valence-corrected chi connectivity index (χ3v) is 2.19. The van der Waals surface area contributed by atoms with Crippen molar-refractivity contribution < 1.29 is 0 Å². The number of rotatable bonds is 2. The summed E-state index contributed by atoms with van der Waals surface area (Å²) in [6, 6.07) is 3.78. The van der Waals surface area contributed by atoms with Crippen LogP contribution in [0.3, 0.4) is 0 Å². The maximum absolute atomic E-state index is 3.72. The zero-order valence-corrected chi connectivity index (χ0v) is 7.90. The molecule has 0 aliphatic heterocycles. The molecule has 0 fully saturated rings. The fraction of sp³-hybridized carbons (Fsp3) is 0.500. The number of nitrogens with zero attached hydrogens (tertiary/aromatic N) is 1. The van der Waals surface area contributed by atoms with Crippen LogP contribution in [0.2, 0.25) is 10.6 Å². The molecule has 1 aromatic heterocycles. The molecule has 2 heteroatoms. The first-order valence-corrected chi connectivity index (χ1v) is 5.38. The van der Waals surface area contributed by atoms with Crippen molar-refractivity contribution in [3.63, 3.8) is 0 Å². The minimum Gasteiger partial charge on any atom is -0.670 e. The van der Waals surface area contributed by atoms with Crippen molar-refractivity contribution in [2.45, 2.75) is 24.4 Å². The first-order chi connectivity index (χ1) is 4.91. The smallest absolute Gasteiger partial charge is 0.0860 e. The molecule has 0 atom stereocenters. The molecule has 0 spiro atoms. The molecule has 0 bridgehead atoms. The molecule has 0 N–H and O–H groups in total. The van der Waals surface area contributed by atoms with E-state index < -0.39 is 0 Å². The minimum absolute atomic E-state index is 0.815. The van der Waals surface area contributed by atoms with Crippen LogP contribution in [0.4, 0.5) is 0 Å². The van der Waals surface area contributed by atoms with Crippen molar-refractivity contribution in [2.75, 3.05) is 0 Å². The van der Waals surface area contributed by atoms with Crippen LogP contribution in [0, 0.1) is 0 Å². The van der Waals surface area contributed by atoms with Gasteiger partial charge in [0, 0.05) is 0 Å². The second kappa shape index (κ2) is 8.81. The third-order valence-electron chi connectivity index (χ3n) is 1.03. The van der Waals surface area contributed by atoms with Crippen LogP contribution in [0.15, 0.2) is 24.5 Å². The molecule has 0 radical (unpaired) electrons. The van der Waals surface area contributed by atoms with E-state index in [1.54, 1.807) is 12.4 Å². The Morgan fingerprint density at radius 3 is 1.70 bits per heavy atom. The summed E-state index contributed by atoms with van der Waals surface area (Å²) in [4.78, 5) is 3.72. The Labute approximate surface area is 69.6 Å². The van der Waals surface area contributed by atoms with E-state index in [1.165, 1.54) is 10.6 Å². The largest absolute Gasteiger partial charge is 0.670 e. The second-order valence-electron chi connectivity index (χ2n) is 1.94. The van der Waals surface area contributed by atoms with Crippen LogP contribution in [0.5, 0.6) is 0 Å². The molecule has 1 rings (SSSR count).